The summed E-state index contributed by atoms with van der Waals surface area (Å²) in [5.41, 5.74) is -0.814. The molecule has 3 fully saturated rings. The SMILES string of the molecule is CCN1CCN(C(=O)C(C)(C)CCOC(C)(C)CCNC(=O)CCCCC2SCC3NC(=O)NC32)CC1. The Kier molecular flexibility index (Phi) is 11.0. The van der Waals surface area contributed by atoms with Gasteiger partial charge in [0.25, 0.3) is 0 Å². The van der Waals surface area contributed by atoms with Gasteiger partial charge in [0.1, 0.15) is 0 Å². The summed E-state index contributed by atoms with van der Waals surface area (Å²) in [5.74, 6) is 1.27. The third-order valence-electron chi connectivity index (χ3n) is 8.04. The smallest absolute Gasteiger partial charge is 0.315 e. The van der Waals surface area contributed by atoms with Crippen LogP contribution in [-0.4, -0.2) is 102 Å². The predicted molar refractivity (Wildman–Crippen MR) is 149 cm³/mol. The van der Waals surface area contributed by atoms with Gasteiger partial charge in [-0.15, -0.1) is 0 Å². The Morgan fingerprint density at radius 3 is 2.51 bits per heavy atom. The minimum absolute atomic E-state index is 0.0511. The van der Waals surface area contributed by atoms with Crippen LogP contribution in [0.5, 0.6) is 0 Å². The van der Waals surface area contributed by atoms with Gasteiger partial charge >= 0.3 is 6.03 Å². The number of hydrogen-bond donors (Lipinski definition) is 3. The van der Waals surface area contributed by atoms with E-state index in [0.717, 1.165) is 64.2 Å². The van der Waals surface area contributed by atoms with Crippen molar-refractivity contribution in [2.24, 2.45) is 5.41 Å². The van der Waals surface area contributed by atoms with E-state index in [-0.39, 0.29) is 35.5 Å². The highest BCUT2D eigenvalue weighted by Gasteiger charge is 2.42. The van der Waals surface area contributed by atoms with Crippen LogP contribution in [0.25, 0.3) is 0 Å². The van der Waals surface area contributed by atoms with E-state index in [1.54, 1.807) is 0 Å². The lowest BCUT2D eigenvalue weighted by molar-refractivity contribution is -0.144. The molecule has 9 nitrogen and oxygen atoms in total. The second kappa shape index (κ2) is 13.5. The van der Waals surface area contributed by atoms with Gasteiger partial charge in [0.05, 0.1) is 17.7 Å². The average molecular weight is 540 g/mol. The van der Waals surface area contributed by atoms with E-state index in [1.807, 2.05) is 44.4 Å². The lowest BCUT2D eigenvalue weighted by atomic mass is 9.87. The normalized spacial score (nSPS) is 24.5. The molecule has 0 saturated carbocycles. The molecule has 0 spiro atoms. The quantitative estimate of drug-likeness (QED) is 0.232. The minimum atomic E-state index is -0.448. The number of rotatable bonds is 14. The number of urea groups is 1. The molecule has 0 aliphatic carbocycles. The Bertz CT molecular complexity index is 785. The van der Waals surface area contributed by atoms with Gasteiger partial charge in [0.2, 0.25) is 11.8 Å². The van der Waals surface area contributed by atoms with Crippen molar-refractivity contribution < 1.29 is 19.1 Å². The maximum atomic E-state index is 13.0. The number of likely N-dealkylation sites (N-methyl/N-ethyl adjacent to an activating group) is 1. The lowest BCUT2D eigenvalue weighted by Gasteiger charge is -2.38. The summed E-state index contributed by atoms with van der Waals surface area (Å²) in [5, 5.41) is 9.46. The van der Waals surface area contributed by atoms with Crippen LogP contribution >= 0.6 is 11.8 Å². The summed E-state index contributed by atoms with van der Waals surface area (Å²) in [7, 11) is 0. The molecule has 3 N–H and O–H groups in total. The molecule has 10 heteroatoms. The largest absolute Gasteiger partial charge is 0.375 e. The van der Waals surface area contributed by atoms with E-state index < -0.39 is 5.41 Å². The fourth-order valence-corrected chi connectivity index (χ4v) is 6.87. The highest BCUT2D eigenvalue weighted by atomic mass is 32.2. The Morgan fingerprint density at radius 2 is 1.81 bits per heavy atom. The number of carbonyl (C=O) groups excluding carboxylic acids is 3. The molecule has 3 rings (SSSR count). The van der Waals surface area contributed by atoms with Crippen molar-refractivity contribution in [3.63, 3.8) is 0 Å². The van der Waals surface area contributed by atoms with Crippen molar-refractivity contribution in [2.75, 3.05) is 51.6 Å². The molecular formula is C27H49N5O4S. The van der Waals surface area contributed by atoms with Gasteiger partial charge in [-0.05, 0) is 46.1 Å². The molecule has 37 heavy (non-hydrogen) atoms. The molecule has 3 saturated heterocycles. The summed E-state index contributed by atoms with van der Waals surface area (Å²) >= 11 is 1.91. The topological polar surface area (TPSA) is 103 Å². The highest BCUT2D eigenvalue weighted by molar-refractivity contribution is 8.00. The van der Waals surface area contributed by atoms with Crippen molar-refractivity contribution in [3.05, 3.63) is 0 Å². The molecular weight excluding hydrogens is 490 g/mol. The Morgan fingerprint density at radius 1 is 1.08 bits per heavy atom. The molecule has 3 atom stereocenters. The zero-order valence-electron chi connectivity index (χ0n) is 23.6. The first-order chi connectivity index (χ1) is 17.5. The standard InChI is InChI=1S/C27H49N5O4S/c1-6-31-14-16-32(17-15-31)24(34)26(2,3)12-18-36-27(4,5)11-13-28-22(33)10-8-7-9-21-23-20(19-37-21)29-25(35)30-23/h20-21,23H,6-19H2,1-5H3,(H,28,33)(H2,29,30,35). The first kappa shape index (κ1) is 30.0. The third kappa shape index (κ3) is 9.03. The molecule has 0 radical (unpaired) electrons. The number of amides is 4. The number of ether oxygens (including phenoxy) is 1. The fourth-order valence-electron chi connectivity index (χ4n) is 5.32. The number of hydrogen-bond acceptors (Lipinski definition) is 6. The molecule has 3 aliphatic rings. The number of nitrogens with one attached hydrogen (secondary N) is 3. The van der Waals surface area contributed by atoms with Crippen LogP contribution in [0.15, 0.2) is 0 Å². The first-order valence-electron chi connectivity index (χ1n) is 14.1. The van der Waals surface area contributed by atoms with E-state index in [9.17, 15) is 14.4 Å². The summed E-state index contributed by atoms with van der Waals surface area (Å²) in [6.07, 6.45) is 4.80. The predicted octanol–water partition coefficient (Wildman–Crippen LogP) is 2.59. The van der Waals surface area contributed by atoms with Crippen LogP contribution in [0, 0.1) is 5.41 Å². The van der Waals surface area contributed by atoms with E-state index in [0.29, 0.717) is 31.2 Å². The summed E-state index contributed by atoms with van der Waals surface area (Å²) in [6, 6.07) is 0.434. The Balaban J connectivity index is 1.24. The van der Waals surface area contributed by atoms with Crippen molar-refractivity contribution in [1.82, 2.24) is 25.8 Å². The van der Waals surface area contributed by atoms with E-state index in [4.69, 9.17) is 4.74 Å². The zero-order chi connectivity index (χ0) is 27.1. The van der Waals surface area contributed by atoms with E-state index in [2.05, 4.69) is 27.8 Å². The number of piperazine rings is 1. The molecule has 4 amide bonds. The van der Waals surface area contributed by atoms with Gasteiger partial charge in [-0.25, -0.2) is 4.79 Å². The maximum absolute atomic E-state index is 13.0. The van der Waals surface area contributed by atoms with Gasteiger partial charge in [-0.1, -0.05) is 27.2 Å². The van der Waals surface area contributed by atoms with Crippen LogP contribution in [0.1, 0.15) is 73.1 Å². The van der Waals surface area contributed by atoms with Crippen LogP contribution in [0.3, 0.4) is 0 Å². The van der Waals surface area contributed by atoms with Crippen LogP contribution in [-0.2, 0) is 14.3 Å². The van der Waals surface area contributed by atoms with Crippen molar-refractivity contribution >= 4 is 29.6 Å². The summed E-state index contributed by atoms with van der Waals surface area (Å²) < 4.78 is 6.15. The fraction of sp³-hybridized carbons (Fsp3) is 0.889. The van der Waals surface area contributed by atoms with Crippen molar-refractivity contribution in [2.45, 2.75) is 96.1 Å². The monoisotopic (exact) mass is 539 g/mol. The number of fused-ring (bicyclic) bond motifs is 1. The molecule has 0 aromatic carbocycles. The lowest BCUT2D eigenvalue weighted by Crippen LogP contribution is -2.52. The third-order valence-corrected chi connectivity index (χ3v) is 9.54. The van der Waals surface area contributed by atoms with Crippen LogP contribution < -0.4 is 16.0 Å². The molecule has 3 aliphatic heterocycles. The summed E-state index contributed by atoms with van der Waals surface area (Å²) in [6.45, 7) is 15.9. The molecule has 0 aromatic rings. The number of carbonyl (C=O) groups is 3. The number of nitrogens with zero attached hydrogens (tertiary/aromatic N) is 2. The zero-order valence-corrected chi connectivity index (χ0v) is 24.4. The van der Waals surface area contributed by atoms with Gasteiger partial charge in [0.15, 0.2) is 0 Å². The first-order valence-corrected chi connectivity index (χ1v) is 15.2. The van der Waals surface area contributed by atoms with Gasteiger partial charge in [0, 0.05) is 62.2 Å². The van der Waals surface area contributed by atoms with Gasteiger partial charge < -0.3 is 30.5 Å². The maximum Gasteiger partial charge on any atom is 0.315 e. The second-order valence-electron chi connectivity index (χ2n) is 11.9. The molecule has 0 aromatic heterocycles. The molecule has 0 bridgehead atoms. The van der Waals surface area contributed by atoms with E-state index in [1.165, 1.54) is 0 Å². The van der Waals surface area contributed by atoms with Gasteiger partial charge in [-0.3, -0.25) is 9.59 Å². The van der Waals surface area contributed by atoms with E-state index >= 15 is 0 Å². The number of thioether (sulfide) groups is 1. The number of unbranched alkanes of at least 4 members (excludes halogenated alkanes) is 1. The van der Waals surface area contributed by atoms with Gasteiger partial charge in [-0.2, -0.15) is 11.8 Å². The molecule has 3 heterocycles. The second-order valence-corrected chi connectivity index (χ2v) is 13.2. The average Bonchev–Trinajstić information content (AvgIpc) is 3.40. The van der Waals surface area contributed by atoms with Crippen molar-refractivity contribution in [1.29, 1.82) is 0 Å². The molecule has 212 valence electrons. The van der Waals surface area contributed by atoms with Crippen molar-refractivity contribution in [3.8, 4) is 0 Å². The highest BCUT2D eigenvalue weighted by Crippen LogP contribution is 2.33. The van der Waals surface area contributed by atoms with Crippen LogP contribution in [0.4, 0.5) is 4.79 Å². The minimum Gasteiger partial charge on any atom is -0.375 e. The van der Waals surface area contributed by atoms with Crippen LogP contribution in [0.2, 0.25) is 0 Å². The Hall–Kier alpha value is -1.52. The Labute approximate surface area is 227 Å². The summed E-state index contributed by atoms with van der Waals surface area (Å²) in [4.78, 5) is 41.2. The molecule has 3 unspecified atom stereocenters.